The summed E-state index contributed by atoms with van der Waals surface area (Å²) in [5.74, 6) is 1.13. The van der Waals surface area contributed by atoms with E-state index in [1.807, 2.05) is 18.2 Å². The highest BCUT2D eigenvalue weighted by Crippen LogP contribution is 2.18. The number of nitrogens with one attached hydrogen (secondary N) is 2. The first-order valence-electron chi connectivity index (χ1n) is 9.61. The number of hydrogen-bond acceptors (Lipinski definition) is 3. The summed E-state index contributed by atoms with van der Waals surface area (Å²) in [6.45, 7) is 9.07. The zero-order chi connectivity index (χ0) is 19.1. The Labute approximate surface area is 155 Å². The standard InChI is InChI=1S/C21H31N3O2/c1-5-17-13-18(11-10-16(17)4)22-19-14-20(25)24(21(26)23-19)12-8-6-7-9-15(2)3/h10-11,13-15,22H,5-9,12H2,1-4H3,(H,23,26). The van der Waals surface area contributed by atoms with Crippen molar-refractivity contribution in [2.45, 2.75) is 66.3 Å². The average Bonchev–Trinajstić information content (AvgIpc) is 2.58. The van der Waals surface area contributed by atoms with E-state index in [-0.39, 0.29) is 11.2 Å². The fourth-order valence-electron chi connectivity index (χ4n) is 3.08. The van der Waals surface area contributed by atoms with Gasteiger partial charge in [-0.05, 0) is 48.9 Å². The topological polar surface area (TPSA) is 66.9 Å². The average molecular weight is 357 g/mol. The summed E-state index contributed by atoms with van der Waals surface area (Å²) in [5, 5.41) is 3.13. The molecule has 5 nitrogen and oxygen atoms in total. The maximum absolute atomic E-state index is 12.3. The SMILES string of the molecule is CCc1cc(Nc2cc(=O)n(CCCCCC(C)C)c(=O)[nH]2)ccc1C. The highest BCUT2D eigenvalue weighted by atomic mass is 16.2. The van der Waals surface area contributed by atoms with Gasteiger partial charge in [-0.15, -0.1) is 0 Å². The summed E-state index contributed by atoms with van der Waals surface area (Å²) in [7, 11) is 0. The van der Waals surface area contributed by atoms with Crippen LogP contribution >= 0.6 is 0 Å². The number of H-pyrrole nitrogens is 1. The van der Waals surface area contributed by atoms with E-state index < -0.39 is 0 Å². The maximum atomic E-state index is 12.3. The smallest absolute Gasteiger partial charge is 0.329 e. The predicted octanol–water partition coefficient (Wildman–Crippen LogP) is 4.37. The molecule has 1 aromatic carbocycles. The van der Waals surface area contributed by atoms with Crippen molar-refractivity contribution in [3.8, 4) is 0 Å². The van der Waals surface area contributed by atoms with Crippen LogP contribution in [0, 0.1) is 12.8 Å². The van der Waals surface area contributed by atoms with Gasteiger partial charge in [0.15, 0.2) is 0 Å². The maximum Gasteiger partial charge on any atom is 0.329 e. The molecule has 26 heavy (non-hydrogen) atoms. The number of hydrogen-bond donors (Lipinski definition) is 2. The lowest BCUT2D eigenvalue weighted by Gasteiger charge is -2.11. The van der Waals surface area contributed by atoms with Gasteiger partial charge in [-0.3, -0.25) is 14.3 Å². The molecule has 142 valence electrons. The van der Waals surface area contributed by atoms with Gasteiger partial charge in [-0.1, -0.05) is 46.1 Å². The molecule has 0 radical (unpaired) electrons. The minimum absolute atomic E-state index is 0.261. The van der Waals surface area contributed by atoms with Crippen LogP contribution in [0.5, 0.6) is 0 Å². The van der Waals surface area contributed by atoms with Gasteiger partial charge < -0.3 is 5.32 Å². The first-order valence-corrected chi connectivity index (χ1v) is 9.61. The number of nitrogens with zero attached hydrogens (tertiary/aromatic N) is 1. The molecule has 0 spiro atoms. The lowest BCUT2D eigenvalue weighted by atomic mass is 10.1. The fraction of sp³-hybridized carbons (Fsp3) is 0.524. The normalized spacial score (nSPS) is 11.1. The monoisotopic (exact) mass is 357 g/mol. The van der Waals surface area contributed by atoms with E-state index in [4.69, 9.17) is 0 Å². The van der Waals surface area contributed by atoms with Gasteiger partial charge >= 0.3 is 5.69 Å². The van der Waals surface area contributed by atoms with E-state index in [9.17, 15) is 9.59 Å². The van der Waals surface area contributed by atoms with Crippen molar-refractivity contribution < 1.29 is 0 Å². The fourth-order valence-corrected chi connectivity index (χ4v) is 3.08. The molecule has 0 bridgehead atoms. The van der Waals surface area contributed by atoms with Gasteiger partial charge in [0.25, 0.3) is 5.56 Å². The molecule has 2 aromatic rings. The second kappa shape index (κ2) is 9.41. The van der Waals surface area contributed by atoms with E-state index >= 15 is 0 Å². The lowest BCUT2D eigenvalue weighted by Crippen LogP contribution is -2.35. The highest BCUT2D eigenvalue weighted by Gasteiger charge is 2.06. The van der Waals surface area contributed by atoms with Crippen LogP contribution in [0.1, 0.15) is 57.6 Å². The first-order chi connectivity index (χ1) is 12.4. The van der Waals surface area contributed by atoms with Gasteiger partial charge in [-0.25, -0.2) is 4.79 Å². The third kappa shape index (κ3) is 5.61. The molecule has 0 aliphatic carbocycles. The van der Waals surface area contributed by atoms with Crippen LogP contribution in [-0.4, -0.2) is 9.55 Å². The van der Waals surface area contributed by atoms with Crippen LogP contribution < -0.4 is 16.6 Å². The van der Waals surface area contributed by atoms with Gasteiger partial charge in [0.2, 0.25) is 0 Å². The van der Waals surface area contributed by atoms with Gasteiger partial charge in [0.1, 0.15) is 5.82 Å². The first kappa shape index (κ1) is 20.0. The van der Waals surface area contributed by atoms with Crippen LogP contribution in [0.15, 0.2) is 33.9 Å². The molecule has 0 unspecified atom stereocenters. The van der Waals surface area contributed by atoms with Gasteiger partial charge in [0, 0.05) is 18.3 Å². The Bertz CT molecular complexity index is 803. The second-order valence-corrected chi connectivity index (χ2v) is 7.34. The van der Waals surface area contributed by atoms with Crippen LogP contribution in [0.25, 0.3) is 0 Å². The molecule has 1 aromatic heterocycles. The lowest BCUT2D eigenvalue weighted by molar-refractivity contribution is 0.497. The molecule has 5 heteroatoms. The Balaban J connectivity index is 2.04. The number of aromatic nitrogens is 2. The summed E-state index contributed by atoms with van der Waals surface area (Å²) in [4.78, 5) is 27.3. The summed E-state index contributed by atoms with van der Waals surface area (Å²) in [6.07, 6.45) is 5.14. The molecule has 1 heterocycles. The molecule has 0 aliphatic heterocycles. The Kier molecular flexibility index (Phi) is 7.25. The minimum atomic E-state index is -0.355. The molecular weight excluding hydrogens is 326 g/mol. The zero-order valence-electron chi connectivity index (χ0n) is 16.4. The van der Waals surface area contributed by atoms with Crippen LogP contribution in [0.3, 0.4) is 0 Å². The largest absolute Gasteiger partial charge is 0.342 e. The van der Waals surface area contributed by atoms with E-state index in [1.54, 1.807) is 0 Å². The summed E-state index contributed by atoms with van der Waals surface area (Å²) in [6, 6.07) is 7.50. The number of unbranched alkanes of at least 4 members (excludes halogenated alkanes) is 2. The number of aromatic amines is 1. The third-order valence-corrected chi connectivity index (χ3v) is 4.69. The molecule has 2 N–H and O–H groups in total. The zero-order valence-corrected chi connectivity index (χ0v) is 16.4. The van der Waals surface area contributed by atoms with Crippen molar-refractivity contribution in [2.24, 2.45) is 5.92 Å². The Morgan fingerprint density at radius 3 is 2.54 bits per heavy atom. The van der Waals surface area contributed by atoms with E-state index in [0.29, 0.717) is 18.3 Å². The number of benzene rings is 1. The molecular formula is C21H31N3O2. The quantitative estimate of drug-likeness (QED) is 0.655. The van der Waals surface area contributed by atoms with Crippen LogP contribution in [0.2, 0.25) is 0 Å². The van der Waals surface area contributed by atoms with Crippen LogP contribution in [-0.2, 0) is 13.0 Å². The van der Waals surface area contributed by atoms with Crippen LogP contribution in [0.4, 0.5) is 11.5 Å². The van der Waals surface area contributed by atoms with E-state index in [1.165, 1.54) is 28.2 Å². The van der Waals surface area contributed by atoms with Gasteiger partial charge in [-0.2, -0.15) is 0 Å². The molecule has 2 rings (SSSR count). The van der Waals surface area contributed by atoms with Crippen molar-refractivity contribution in [1.29, 1.82) is 0 Å². The number of anilines is 2. The number of aryl methyl sites for hydroxylation is 2. The molecule has 0 saturated carbocycles. The van der Waals surface area contributed by atoms with Crippen molar-refractivity contribution in [2.75, 3.05) is 5.32 Å². The number of rotatable bonds is 9. The molecule has 0 atom stereocenters. The minimum Gasteiger partial charge on any atom is -0.342 e. The Morgan fingerprint density at radius 1 is 1.12 bits per heavy atom. The Hall–Kier alpha value is -2.30. The van der Waals surface area contributed by atoms with Crippen molar-refractivity contribution in [1.82, 2.24) is 9.55 Å². The second-order valence-electron chi connectivity index (χ2n) is 7.34. The molecule has 0 amide bonds. The van der Waals surface area contributed by atoms with Crippen molar-refractivity contribution in [3.05, 3.63) is 56.2 Å². The molecule has 0 fully saturated rings. The van der Waals surface area contributed by atoms with Gasteiger partial charge in [0.05, 0.1) is 0 Å². The summed E-state index contributed by atoms with van der Waals surface area (Å²) >= 11 is 0. The predicted molar refractivity (Wildman–Crippen MR) is 108 cm³/mol. The third-order valence-electron chi connectivity index (χ3n) is 4.69. The highest BCUT2D eigenvalue weighted by molar-refractivity contribution is 5.57. The van der Waals surface area contributed by atoms with Crippen molar-refractivity contribution in [3.63, 3.8) is 0 Å². The molecule has 0 aliphatic rings. The van der Waals surface area contributed by atoms with Crippen molar-refractivity contribution >= 4 is 11.5 Å². The summed E-state index contributed by atoms with van der Waals surface area (Å²) in [5.41, 5.74) is 2.73. The van der Waals surface area contributed by atoms with E-state index in [2.05, 4.69) is 38.0 Å². The molecule has 0 saturated heterocycles. The summed E-state index contributed by atoms with van der Waals surface area (Å²) < 4.78 is 1.28. The van der Waals surface area contributed by atoms with E-state index in [0.717, 1.165) is 31.4 Å². The Morgan fingerprint density at radius 2 is 1.88 bits per heavy atom.